The van der Waals surface area contributed by atoms with Crippen LogP contribution in [-0.4, -0.2) is 24.2 Å². The van der Waals surface area contributed by atoms with Gasteiger partial charge in [-0.15, -0.1) is 0 Å². The highest BCUT2D eigenvalue weighted by atomic mass is 16.5. The third kappa shape index (κ3) is 3.65. The van der Waals surface area contributed by atoms with Gasteiger partial charge in [0, 0.05) is 29.7 Å². The molecule has 1 aliphatic rings. The molecule has 0 fully saturated rings. The van der Waals surface area contributed by atoms with Crippen molar-refractivity contribution in [1.82, 2.24) is 9.97 Å². The maximum absolute atomic E-state index is 5.53. The minimum Gasteiger partial charge on any atom is -0.496 e. The van der Waals surface area contributed by atoms with Crippen molar-refractivity contribution in [1.29, 1.82) is 0 Å². The molecule has 0 bridgehead atoms. The maximum atomic E-state index is 5.53. The van der Waals surface area contributed by atoms with Crippen molar-refractivity contribution in [2.45, 2.75) is 32.1 Å². The molecule has 1 aliphatic carbocycles. The Labute approximate surface area is 160 Å². The summed E-state index contributed by atoms with van der Waals surface area (Å²) in [7, 11) is 3.42. The smallest absolute Gasteiger partial charge is 0.133 e. The summed E-state index contributed by atoms with van der Waals surface area (Å²) in [5.41, 5.74) is 5.94. The highest BCUT2D eigenvalue weighted by Gasteiger charge is 2.20. The second-order valence-corrected chi connectivity index (χ2v) is 6.84. The maximum Gasteiger partial charge on any atom is 0.133 e. The lowest BCUT2D eigenvalue weighted by Crippen LogP contribution is -2.08. The number of para-hydroxylation sites is 2. The van der Waals surface area contributed by atoms with Crippen molar-refractivity contribution in [3.05, 3.63) is 82.4 Å². The molecule has 0 saturated heterocycles. The number of aromatic nitrogens is 2. The van der Waals surface area contributed by atoms with E-state index >= 15 is 0 Å². The quantitative estimate of drug-likeness (QED) is 0.662. The normalized spacial score (nSPS) is 12.7. The van der Waals surface area contributed by atoms with E-state index in [1.54, 1.807) is 14.2 Å². The average Bonchev–Trinajstić information content (AvgIpc) is 3.18. The number of hydrogen-bond donors (Lipinski definition) is 0. The number of methoxy groups -OCH3 is 2. The molecule has 2 aromatic carbocycles. The summed E-state index contributed by atoms with van der Waals surface area (Å²) in [6.07, 6.45) is 4.70. The van der Waals surface area contributed by atoms with Gasteiger partial charge in [0.15, 0.2) is 0 Å². The van der Waals surface area contributed by atoms with Crippen LogP contribution in [0.5, 0.6) is 11.5 Å². The van der Waals surface area contributed by atoms with E-state index in [1.165, 1.54) is 11.3 Å². The first-order chi connectivity index (χ1) is 13.3. The van der Waals surface area contributed by atoms with Crippen LogP contribution in [0.1, 0.15) is 40.3 Å². The molecule has 138 valence electrons. The van der Waals surface area contributed by atoms with Gasteiger partial charge in [-0.2, -0.15) is 0 Å². The zero-order chi connectivity index (χ0) is 18.6. The summed E-state index contributed by atoms with van der Waals surface area (Å²) in [4.78, 5) is 9.83. The average molecular weight is 360 g/mol. The van der Waals surface area contributed by atoms with Crippen molar-refractivity contribution in [2.75, 3.05) is 14.2 Å². The zero-order valence-corrected chi connectivity index (χ0v) is 15.9. The SMILES string of the molecule is COc1ccccc1Cc1nc2c(c(Cc3ccccc3OC)n1)CCC2. The summed E-state index contributed by atoms with van der Waals surface area (Å²) in [6.45, 7) is 0. The van der Waals surface area contributed by atoms with Crippen LogP contribution in [-0.2, 0) is 25.7 Å². The Morgan fingerprint density at radius 1 is 0.778 bits per heavy atom. The number of fused-ring (bicyclic) bond motifs is 1. The number of benzene rings is 2. The van der Waals surface area contributed by atoms with Crippen molar-refractivity contribution in [3.63, 3.8) is 0 Å². The van der Waals surface area contributed by atoms with Crippen molar-refractivity contribution in [3.8, 4) is 11.5 Å². The van der Waals surface area contributed by atoms with Crippen LogP contribution < -0.4 is 9.47 Å². The lowest BCUT2D eigenvalue weighted by molar-refractivity contribution is 0.410. The van der Waals surface area contributed by atoms with Crippen LogP contribution in [0.25, 0.3) is 0 Å². The van der Waals surface area contributed by atoms with Gasteiger partial charge in [0.25, 0.3) is 0 Å². The third-order valence-electron chi connectivity index (χ3n) is 5.16. The Balaban J connectivity index is 1.70. The standard InChI is InChI=1S/C23H24N2O2/c1-26-21-12-5-3-8-16(21)14-20-18-10-7-11-19(18)24-23(25-20)15-17-9-4-6-13-22(17)27-2/h3-6,8-9,12-13H,7,10-11,14-15H2,1-2H3. The molecule has 0 atom stereocenters. The minimum atomic E-state index is 0.677. The third-order valence-corrected chi connectivity index (χ3v) is 5.16. The molecule has 0 aliphatic heterocycles. The topological polar surface area (TPSA) is 44.2 Å². The molecule has 4 heteroatoms. The van der Waals surface area contributed by atoms with Crippen LogP contribution in [0.4, 0.5) is 0 Å². The number of ether oxygens (including phenoxy) is 2. The summed E-state index contributed by atoms with van der Waals surface area (Å²) in [5.74, 6) is 2.66. The first kappa shape index (κ1) is 17.5. The van der Waals surface area contributed by atoms with E-state index in [2.05, 4.69) is 18.2 Å². The van der Waals surface area contributed by atoms with E-state index in [9.17, 15) is 0 Å². The number of nitrogens with zero attached hydrogens (tertiary/aromatic N) is 2. The predicted molar refractivity (Wildman–Crippen MR) is 106 cm³/mol. The highest BCUT2D eigenvalue weighted by molar-refractivity contribution is 5.41. The van der Waals surface area contributed by atoms with Gasteiger partial charge in [0.05, 0.1) is 19.9 Å². The molecular formula is C23H24N2O2. The molecule has 0 saturated carbocycles. The molecule has 0 spiro atoms. The molecule has 0 N–H and O–H groups in total. The van der Waals surface area contributed by atoms with Crippen molar-refractivity contribution in [2.24, 2.45) is 0 Å². The van der Waals surface area contributed by atoms with Gasteiger partial charge >= 0.3 is 0 Å². The second kappa shape index (κ2) is 7.78. The van der Waals surface area contributed by atoms with E-state index in [-0.39, 0.29) is 0 Å². The Morgan fingerprint density at radius 3 is 2.07 bits per heavy atom. The van der Waals surface area contributed by atoms with Gasteiger partial charge in [-0.05, 0) is 37.0 Å². The van der Waals surface area contributed by atoms with Gasteiger partial charge < -0.3 is 9.47 Å². The fourth-order valence-corrected chi connectivity index (χ4v) is 3.84. The fraction of sp³-hybridized carbons (Fsp3) is 0.304. The summed E-state index contributed by atoms with van der Waals surface area (Å²) in [5, 5.41) is 0. The molecule has 1 aromatic heterocycles. The highest BCUT2D eigenvalue weighted by Crippen LogP contribution is 2.28. The Bertz CT molecular complexity index is 953. The second-order valence-electron chi connectivity index (χ2n) is 6.84. The first-order valence-corrected chi connectivity index (χ1v) is 9.40. The van der Waals surface area contributed by atoms with Crippen LogP contribution in [0.15, 0.2) is 48.5 Å². The molecule has 1 heterocycles. The molecule has 4 nitrogen and oxygen atoms in total. The lowest BCUT2D eigenvalue weighted by Gasteiger charge is -2.13. The molecule has 0 unspecified atom stereocenters. The van der Waals surface area contributed by atoms with Crippen molar-refractivity contribution < 1.29 is 9.47 Å². The van der Waals surface area contributed by atoms with Gasteiger partial charge in [-0.1, -0.05) is 36.4 Å². The van der Waals surface area contributed by atoms with Crippen LogP contribution in [0, 0.1) is 0 Å². The zero-order valence-electron chi connectivity index (χ0n) is 15.9. The summed E-state index contributed by atoms with van der Waals surface area (Å²) >= 11 is 0. The lowest BCUT2D eigenvalue weighted by atomic mass is 10.0. The molecule has 4 rings (SSSR count). The molecule has 27 heavy (non-hydrogen) atoms. The number of rotatable bonds is 6. The predicted octanol–water partition coefficient (Wildman–Crippen LogP) is 4.16. The fourth-order valence-electron chi connectivity index (χ4n) is 3.84. The van der Waals surface area contributed by atoms with E-state index in [0.717, 1.165) is 59.8 Å². The van der Waals surface area contributed by atoms with Crippen LogP contribution in [0.2, 0.25) is 0 Å². The van der Waals surface area contributed by atoms with E-state index in [4.69, 9.17) is 19.4 Å². The first-order valence-electron chi connectivity index (χ1n) is 9.40. The van der Waals surface area contributed by atoms with Gasteiger partial charge in [-0.25, -0.2) is 9.97 Å². The Morgan fingerprint density at radius 2 is 1.41 bits per heavy atom. The number of hydrogen-bond acceptors (Lipinski definition) is 4. The Kier molecular flexibility index (Phi) is 5.05. The Hall–Kier alpha value is -2.88. The molecular weight excluding hydrogens is 336 g/mol. The molecule has 0 radical (unpaired) electrons. The largest absolute Gasteiger partial charge is 0.496 e. The van der Waals surface area contributed by atoms with E-state index in [1.807, 2.05) is 30.3 Å². The van der Waals surface area contributed by atoms with E-state index < -0.39 is 0 Å². The van der Waals surface area contributed by atoms with Crippen molar-refractivity contribution >= 4 is 0 Å². The summed E-state index contributed by atoms with van der Waals surface area (Å²) < 4.78 is 11.0. The van der Waals surface area contributed by atoms with Gasteiger partial charge in [0.2, 0.25) is 0 Å². The molecule has 3 aromatic rings. The van der Waals surface area contributed by atoms with Crippen LogP contribution in [0.3, 0.4) is 0 Å². The van der Waals surface area contributed by atoms with E-state index in [0.29, 0.717) is 6.42 Å². The van der Waals surface area contributed by atoms with Crippen LogP contribution >= 0.6 is 0 Å². The molecule has 0 amide bonds. The summed E-state index contributed by atoms with van der Waals surface area (Å²) in [6, 6.07) is 16.2. The van der Waals surface area contributed by atoms with Gasteiger partial charge in [-0.3, -0.25) is 0 Å². The number of aryl methyl sites for hydroxylation is 1. The monoisotopic (exact) mass is 360 g/mol. The minimum absolute atomic E-state index is 0.677. The van der Waals surface area contributed by atoms with Gasteiger partial charge in [0.1, 0.15) is 17.3 Å².